The number of carbonyl (C=O) groups is 2. The molecule has 9 nitrogen and oxygen atoms in total. The van der Waals surface area contributed by atoms with Crippen LogP contribution in [-0.4, -0.2) is 50.2 Å². The van der Waals surface area contributed by atoms with E-state index in [2.05, 4.69) is 25.9 Å². The molecule has 1 saturated heterocycles. The number of hydrogen-bond acceptors (Lipinski definition) is 6. The highest BCUT2D eigenvalue weighted by atomic mass is 19.4. The highest BCUT2D eigenvalue weighted by Gasteiger charge is 2.45. The third kappa shape index (κ3) is 5.88. The molecule has 0 radical (unpaired) electrons. The maximum atomic E-state index is 13.9. The Hall–Kier alpha value is -3.58. The summed E-state index contributed by atoms with van der Waals surface area (Å²) in [5, 5.41) is 13.4. The number of amides is 2. The van der Waals surface area contributed by atoms with Crippen molar-refractivity contribution in [3.8, 4) is 0 Å². The van der Waals surface area contributed by atoms with E-state index >= 15 is 0 Å². The minimum absolute atomic E-state index is 0.00513. The van der Waals surface area contributed by atoms with Crippen LogP contribution >= 0.6 is 0 Å². The first-order valence-corrected chi connectivity index (χ1v) is 12.7. The van der Waals surface area contributed by atoms with Crippen molar-refractivity contribution in [2.75, 3.05) is 6.54 Å². The molecule has 0 aromatic carbocycles. The Labute approximate surface area is 219 Å². The van der Waals surface area contributed by atoms with Crippen LogP contribution in [0.15, 0.2) is 29.1 Å². The zero-order valence-corrected chi connectivity index (χ0v) is 21.0. The second kappa shape index (κ2) is 10.2. The zero-order chi connectivity index (χ0) is 27.9. The average molecular weight is 555 g/mol. The summed E-state index contributed by atoms with van der Waals surface area (Å²) in [5.41, 5.74) is 1.78. The Morgan fingerprint density at radius 2 is 2.03 bits per heavy atom. The lowest BCUT2D eigenvalue weighted by molar-refractivity contribution is -0.183. The fraction of sp³-hybridized carbons (Fsp3) is 0.560. The Morgan fingerprint density at radius 3 is 2.69 bits per heavy atom. The lowest BCUT2D eigenvalue weighted by Crippen LogP contribution is -2.47. The molecule has 2 amide bonds. The average Bonchev–Trinajstić information content (AvgIpc) is 3.49. The monoisotopic (exact) mass is 554 g/mol. The third-order valence-corrected chi connectivity index (χ3v) is 7.58. The number of imidazole rings is 1. The number of halogens is 5. The van der Waals surface area contributed by atoms with Gasteiger partial charge in [-0.2, -0.15) is 18.3 Å². The summed E-state index contributed by atoms with van der Waals surface area (Å²) in [5.74, 6) is -6.58. The van der Waals surface area contributed by atoms with E-state index in [1.165, 1.54) is 10.8 Å². The van der Waals surface area contributed by atoms with E-state index in [1.54, 1.807) is 25.3 Å². The summed E-state index contributed by atoms with van der Waals surface area (Å²) in [6.07, 6.45) is -2.14. The van der Waals surface area contributed by atoms with Crippen molar-refractivity contribution in [2.45, 2.75) is 63.6 Å². The number of nitrogens with zero attached hydrogens (tertiary/aromatic N) is 4. The number of rotatable bonds is 6. The SMILES string of the molecule is Cc1conc1C(=O)NC(c1cn2nc(CC3C[C@@H](C(F)(F)F)CNC3=O)ccc2n1)C1CCC(F)(F)CC1. The van der Waals surface area contributed by atoms with Crippen molar-refractivity contribution in [1.29, 1.82) is 0 Å². The molecule has 14 heteroatoms. The smallest absolute Gasteiger partial charge is 0.364 e. The van der Waals surface area contributed by atoms with Crippen LogP contribution in [0.1, 0.15) is 65.6 Å². The van der Waals surface area contributed by atoms with Crippen molar-refractivity contribution in [1.82, 2.24) is 30.4 Å². The van der Waals surface area contributed by atoms with Gasteiger partial charge in [0, 0.05) is 37.3 Å². The topological polar surface area (TPSA) is 114 Å². The van der Waals surface area contributed by atoms with Crippen LogP contribution in [0.25, 0.3) is 5.65 Å². The highest BCUT2D eigenvalue weighted by Crippen LogP contribution is 2.41. The van der Waals surface area contributed by atoms with Crippen LogP contribution in [0.3, 0.4) is 0 Å². The Bertz CT molecular complexity index is 1360. The van der Waals surface area contributed by atoms with Crippen molar-refractivity contribution < 1.29 is 36.1 Å². The van der Waals surface area contributed by atoms with E-state index in [1.807, 2.05) is 0 Å². The third-order valence-electron chi connectivity index (χ3n) is 7.58. The summed E-state index contributed by atoms with van der Waals surface area (Å²) in [6, 6.07) is 2.49. The van der Waals surface area contributed by atoms with Gasteiger partial charge in [-0.25, -0.2) is 18.3 Å². The molecule has 39 heavy (non-hydrogen) atoms. The summed E-state index contributed by atoms with van der Waals surface area (Å²) in [7, 11) is 0. The van der Waals surface area contributed by atoms with E-state index in [9.17, 15) is 31.5 Å². The molecule has 4 heterocycles. The van der Waals surface area contributed by atoms with Gasteiger partial charge in [-0.1, -0.05) is 5.16 Å². The van der Waals surface area contributed by atoms with E-state index in [0.717, 1.165) is 0 Å². The second-order valence-corrected chi connectivity index (χ2v) is 10.4. The number of fused-ring (bicyclic) bond motifs is 1. The number of hydrogen-bond donors (Lipinski definition) is 2. The fourth-order valence-electron chi connectivity index (χ4n) is 5.32. The van der Waals surface area contributed by atoms with Gasteiger partial charge in [0.25, 0.3) is 5.91 Å². The lowest BCUT2D eigenvalue weighted by atomic mass is 9.81. The Balaban J connectivity index is 1.39. The first kappa shape index (κ1) is 27.0. The van der Waals surface area contributed by atoms with Crippen molar-refractivity contribution in [2.24, 2.45) is 17.8 Å². The summed E-state index contributed by atoms with van der Waals surface area (Å²) < 4.78 is 73.6. The molecule has 3 aromatic heterocycles. The molecule has 1 aliphatic carbocycles. The molecule has 210 valence electrons. The first-order chi connectivity index (χ1) is 18.4. The molecule has 0 spiro atoms. The molecular formula is C25H27F5N6O3. The van der Waals surface area contributed by atoms with Gasteiger partial charge < -0.3 is 15.2 Å². The van der Waals surface area contributed by atoms with Gasteiger partial charge in [0.05, 0.1) is 29.5 Å². The largest absolute Gasteiger partial charge is 0.393 e. The number of aromatic nitrogens is 4. The summed E-state index contributed by atoms with van der Waals surface area (Å²) in [4.78, 5) is 29.7. The number of aryl methyl sites for hydroxylation is 1. The number of piperidine rings is 1. The number of carbonyl (C=O) groups excluding carboxylic acids is 2. The van der Waals surface area contributed by atoms with E-state index in [4.69, 9.17) is 4.52 Å². The Morgan fingerprint density at radius 1 is 1.28 bits per heavy atom. The van der Waals surface area contributed by atoms with Crippen LogP contribution in [0.5, 0.6) is 0 Å². The van der Waals surface area contributed by atoms with Crippen molar-refractivity contribution in [3.63, 3.8) is 0 Å². The second-order valence-electron chi connectivity index (χ2n) is 10.4. The molecular weight excluding hydrogens is 527 g/mol. The lowest BCUT2D eigenvalue weighted by Gasteiger charge is -2.33. The highest BCUT2D eigenvalue weighted by molar-refractivity contribution is 5.93. The quantitative estimate of drug-likeness (QED) is 0.442. The molecule has 2 N–H and O–H groups in total. The maximum Gasteiger partial charge on any atom is 0.393 e. The van der Waals surface area contributed by atoms with Gasteiger partial charge in [0.1, 0.15) is 6.26 Å². The Kier molecular flexibility index (Phi) is 7.06. The van der Waals surface area contributed by atoms with E-state index in [0.29, 0.717) is 22.6 Å². The van der Waals surface area contributed by atoms with Crippen LogP contribution in [0, 0.1) is 24.7 Å². The van der Waals surface area contributed by atoms with Crippen LogP contribution in [-0.2, 0) is 11.2 Å². The summed E-state index contributed by atoms with van der Waals surface area (Å²) >= 11 is 0. The standard InChI is InChI=1S/C25H27F5N6O3/c1-13-12-39-35-20(13)23(38)33-21(14-4-6-24(26,27)7-5-14)18-11-36-19(32-18)3-2-17(34-36)9-15-8-16(25(28,29)30)10-31-22(15)37/h2-3,11-12,14-16,21H,4-10H2,1H3,(H,31,37)(H,33,38)/t15?,16-,21?/m1/s1. The predicted molar refractivity (Wildman–Crippen MR) is 126 cm³/mol. The van der Waals surface area contributed by atoms with Crippen molar-refractivity contribution in [3.05, 3.63) is 47.2 Å². The van der Waals surface area contributed by atoms with Gasteiger partial charge in [0.2, 0.25) is 11.8 Å². The number of nitrogens with one attached hydrogen (secondary N) is 2. The molecule has 3 aromatic rings. The van der Waals surface area contributed by atoms with Gasteiger partial charge in [-0.05, 0) is 44.2 Å². The minimum Gasteiger partial charge on any atom is -0.364 e. The number of alkyl halides is 5. The molecule has 0 bridgehead atoms. The zero-order valence-electron chi connectivity index (χ0n) is 21.0. The fourth-order valence-corrected chi connectivity index (χ4v) is 5.32. The predicted octanol–water partition coefficient (Wildman–Crippen LogP) is 4.18. The van der Waals surface area contributed by atoms with Gasteiger partial charge >= 0.3 is 6.18 Å². The van der Waals surface area contributed by atoms with E-state index < -0.39 is 48.3 Å². The molecule has 5 rings (SSSR count). The minimum atomic E-state index is -4.41. The van der Waals surface area contributed by atoms with Gasteiger partial charge in [-0.3, -0.25) is 9.59 Å². The maximum absolute atomic E-state index is 13.9. The summed E-state index contributed by atoms with van der Waals surface area (Å²) in [6.45, 7) is 1.21. The van der Waals surface area contributed by atoms with E-state index in [-0.39, 0.29) is 50.1 Å². The van der Waals surface area contributed by atoms with Crippen LogP contribution < -0.4 is 10.6 Å². The normalized spacial score (nSPS) is 23.0. The molecule has 2 fully saturated rings. The molecule has 1 saturated carbocycles. The van der Waals surface area contributed by atoms with Crippen molar-refractivity contribution >= 4 is 17.5 Å². The van der Waals surface area contributed by atoms with Crippen LogP contribution in [0.4, 0.5) is 22.0 Å². The molecule has 1 aliphatic heterocycles. The molecule has 2 unspecified atom stereocenters. The first-order valence-electron chi connectivity index (χ1n) is 12.7. The van der Waals surface area contributed by atoms with Gasteiger partial charge in [-0.15, -0.1) is 0 Å². The molecule has 3 atom stereocenters. The van der Waals surface area contributed by atoms with Crippen LogP contribution in [0.2, 0.25) is 0 Å². The van der Waals surface area contributed by atoms with Gasteiger partial charge in [0.15, 0.2) is 11.3 Å². The molecule has 2 aliphatic rings.